The van der Waals surface area contributed by atoms with E-state index >= 15 is 0 Å². The summed E-state index contributed by atoms with van der Waals surface area (Å²) in [5, 5.41) is 12.6. The predicted octanol–water partition coefficient (Wildman–Crippen LogP) is 1.43. The van der Waals surface area contributed by atoms with Crippen LogP contribution in [0.25, 0.3) is 0 Å². The second-order valence-corrected chi connectivity index (χ2v) is 6.82. The fraction of sp³-hybridized carbons (Fsp3) is 0.611. The van der Waals surface area contributed by atoms with Crippen molar-refractivity contribution < 1.29 is 9.90 Å². The highest BCUT2D eigenvalue weighted by molar-refractivity contribution is 5.78. The van der Waals surface area contributed by atoms with Gasteiger partial charge in [0.05, 0.1) is 6.54 Å². The van der Waals surface area contributed by atoms with Crippen LogP contribution in [0.3, 0.4) is 0 Å². The van der Waals surface area contributed by atoms with Crippen molar-refractivity contribution in [2.24, 2.45) is 5.92 Å². The Labute approximate surface area is 138 Å². The molecule has 1 saturated carbocycles. The number of piperazine rings is 1. The number of nitrogens with one attached hydrogen (secondary N) is 1. The van der Waals surface area contributed by atoms with Crippen molar-refractivity contribution in [2.45, 2.75) is 25.8 Å². The molecule has 0 bridgehead atoms. The minimum Gasteiger partial charge on any atom is -0.508 e. The van der Waals surface area contributed by atoms with Gasteiger partial charge in [0, 0.05) is 39.3 Å². The summed E-state index contributed by atoms with van der Waals surface area (Å²) in [5.74, 6) is 1.21. The first kappa shape index (κ1) is 16.3. The number of benzene rings is 1. The first-order valence-corrected chi connectivity index (χ1v) is 8.68. The van der Waals surface area contributed by atoms with Crippen LogP contribution in [0.2, 0.25) is 0 Å². The summed E-state index contributed by atoms with van der Waals surface area (Å²) < 4.78 is 0. The Morgan fingerprint density at radius 3 is 2.57 bits per heavy atom. The Kier molecular flexibility index (Phi) is 5.51. The number of carbonyl (C=O) groups excluding carboxylic acids is 1. The molecule has 0 aromatic heterocycles. The molecule has 2 fully saturated rings. The summed E-state index contributed by atoms with van der Waals surface area (Å²) in [4.78, 5) is 16.6. The van der Waals surface area contributed by atoms with Gasteiger partial charge in [-0.1, -0.05) is 18.6 Å². The molecule has 1 heterocycles. The van der Waals surface area contributed by atoms with Gasteiger partial charge in [-0.25, -0.2) is 0 Å². The zero-order valence-electron chi connectivity index (χ0n) is 13.7. The van der Waals surface area contributed by atoms with Crippen molar-refractivity contribution in [3.63, 3.8) is 0 Å². The molecule has 1 aliphatic heterocycles. The molecule has 2 aliphatic rings. The maximum atomic E-state index is 12.0. The van der Waals surface area contributed by atoms with E-state index in [0.717, 1.165) is 50.7 Å². The summed E-state index contributed by atoms with van der Waals surface area (Å²) in [6.45, 7) is 6.02. The van der Waals surface area contributed by atoms with E-state index in [1.54, 1.807) is 6.07 Å². The third-order valence-corrected chi connectivity index (χ3v) is 4.96. The average molecular weight is 317 g/mol. The lowest BCUT2D eigenvalue weighted by Crippen LogP contribution is -2.49. The van der Waals surface area contributed by atoms with Gasteiger partial charge in [0.25, 0.3) is 0 Å². The Balaban J connectivity index is 1.35. The first-order chi connectivity index (χ1) is 11.2. The van der Waals surface area contributed by atoms with Gasteiger partial charge >= 0.3 is 0 Å². The molecule has 0 radical (unpaired) electrons. The third kappa shape index (κ3) is 4.94. The maximum absolute atomic E-state index is 12.0. The Bertz CT molecular complexity index is 523. The quantitative estimate of drug-likeness (QED) is 0.833. The van der Waals surface area contributed by atoms with Crippen LogP contribution in [-0.2, 0) is 11.3 Å². The standard InChI is InChI=1S/C18H27N3O2/c22-17-6-2-5-16(11-17)13-20-7-9-21(10-8-20)14-18(23)19-12-15-3-1-4-15/h2,5-6,11,15,22H,1,3-4,7-10,12-14H2,(H,19,23). The zero-order valence-corrected chi connectivity index (χ0v) is 13.7. The molecular weight excluding hydrogens is 290 g/mol. The molecule has 5 heteroatoms. The first-order valence-electron chi connectivity index (χ1n) is 8.68. The summed E-state index contributed by atoms with van der Waals surface area (Å²) in [6, 6.07) is 7.44. The van der Waals surface area contributed by atoms with Gasteiger partial charge in [-0.3, -0.25) is 14.6 Å². The van der Waals surface area contributed by atoms with Crippen LogP contribution in [0.1, 0.15) is 24.8 Å². The topological polar surface area (TPSA) is 55.8 Å². The van der Waals surface area contributed by atoms with Crippen LogP contribution in [0.5, 0.6) is 5.75 Å². The van der Waals surface area contributed by atoms with Crippen LogP contribution < -0.4 is 5.32 Å². The van der Waals surface area contributed by atoms with Gasteiger partial charge in [0.15, 0.2) is 0 Å². The second kappa shape index (κ2) is 7.79. The molecule has 1 saturated heterocycles. The number of phenols is 1. The fourth-order valence-corrected chi connectivity index (χ4v) is 3.23. The van der Waals surface area contributed by atoms with E-state index in [0.29, 0.717) is 12.3 Å². The van der Waals surface area contributed by atoms with Crippen LogP contribution in [0, 0.1) is 5.92 Å². The molecule has 126 valence electrons. The number of hydrogen-bond donors (Lipinski definition) is 2. The maximum Gasteiger partial charge on any atom is 0.234 e. The van der Waals surface area contributed by atoms with Gasteiger partial charge in [0.2, 0.25) is 5.91 Å². The van der Waals surface area contributed by atoms with Gasteiger partial charge < -0.3 is 10.4 Å². The Morgan fingerprint density at radius 2 is 1.91 bits per heavy atom. The number of rotatable bonds is 6. The van der Waals surface area contributed by atoms with Crippen molar-refractivity contribution >= 4 is 5.91 Å². The third-order valence-electron chi connectivity index (χ3n) is 4.96. The number of phenolic OH excluding ortho intramolecular Hbond substituents is 1. The average Bonchev–Trinajstić information content (AvgIpc) is 2.48. The number of amides is 1. The summed E-state index contributed by atoms with van der Waals surface area (Å²) in [7, 11) is 0. The minimum absolute atomic E-state index is 0.165. The minimum atomic E-state index is 0.165. The van der Waals surface area contributed by atoms with E-state index in [2.05, 4.69) is 15.1 Å². The van der Waals surface area contributed by atoms with Gasteiger partial charge in [0.1, 0.15) is 5.75 Å². The lowest BCUT2D eigenvalue weighted by molar-refractivity contribution is -0.123. The number of nitrogens with zero attached hydrogens (tertiary/aromatic N) is 2. The van der Waals surface area contributed by atoms with Gasteiger partial charge in [-0.05, 0) is 36.5 Å². The molecule has 1 aromatic carbocycles. The monoisotopic (exact) mass is 317 g/mol. The fourth-order valence-electron chi connectivity index (χ4n) is 3.23. The van der Waals surface area contributed by atoms with Crippen LogP contribution in [0.15, 0.2) is 24.3 Å². The summed E-state index contributed by atoms with van der Waals surface area (Å²) >= 11 is 0. The number of carbonyl (C=O) groups is 1. The van der Waals surface area contributed by atoms with Crippen molar-refractivity contribution in [3.05, 3.63) is 29.8 Å². The van der Waals surface area contributed by atoms with E-state index in [1.807, 2.05) is 18.2 Å². The highest BCUT2D eigenvalue weighted by Crippen LogP contribution is 2.25. The molecule has 5 nitrogen and oxygen atoms in total. The highest BCUT2D eigenvalue weighted by atomic mass is 16.3. The summed E-state index contributed by atoms with van der Waals surface area (Å²) in [5.41, 5.74) is 1.14. The Hall–Kier alpha value is -1.59. The van der Waals surface area contributed by atoms with Crippen LogP contribution >= 0.6 is 0 Å². The van der Waals surface area contributed by atoms with Gasteiger partial charge in [-0.15, -0.1) is 0 Å². The highest BCUT2D eigenvalue weighted by Gasteiger charge is 2.21. The van der Waals surface area contributed by atoms with Crippen molar-refractivity contribution in [1.29, 1.82) is 0 Å². The van der Waals surface area contributed by atoms with E-state index in [9.17, 15) is 9.90 Å². The molecular formula is C18H27N3O2. The molecule has 3 rings (SSSR count). The molecule has 0 unspecified atom stereocenters. The van der Waals surface area contributed by atoms with Crippen LogP contribution in [-0.4, -0.2) is 60.1 Å². The normalized spacial score (nSPS) is 20.2. The van der Waals surface area contributed by atoms with E-state index < -0.39 is 0 Å². The second-order valence-electron chi connectivity index (χ2n) is 6.82. The van der Waals surface area contributed by atoms with Crippen molar-refractivity contribution in [3.8, 4) is 5.75 Å². The zero-order chi connectivity index (χ0) is 16.1. The van der Waals surface area contributed by atoms with E-state index in [1.165, 1.54) is 19.3 Å². The van der Waals surface area contributed by atoms with Crippen molar-refractivity contribution in [2.75, 3.05) is 39.3 Å². The summed E-state index contributed by atoms with van der Waals surface area (Å²) in [6.07, 6.45) is 3.86. The molecule has 1 aliphatic carbocycles. The largest absolute Gasteiger partial charge is 0.508 e. The molecule has 1 aromatic rings. The smallest absolute Gasteiger partial charge is 0.234 e. The lowest BCUT2D eigenvalue weighted by Gasteiger charge is -2.34. The van der Waals surface area contributed by atoms with Crippen LogP contribution in [0.4, 0.5) is 0 Å². The molecule has 1 amide bonds. The molecule has 2 N–H and O–H groups in total. The molecule has 0 spiro atoms. The van der Waals surface area contributed by atoms with Gasteiger partial charge in [-0.2, -0.15) is 0 Å². The Morgan fingerprint density at radius 1 is 1.17 bits per heavy atom. The number of hydrogen-bond acceptors (Lipinski definition) is 4. The van der Waals surface area contributed by atoms with Crippen molar-refractivity contribution in [1.82, 2.24) is 15.1 Å². The molecule has 0 atom stereocenters. The SMILES string of the molecule is O=C(CN1CCN(Cc2cccc(O)c2)CC1)NCC1CCC1. The number of aromatic hydroxyl groups is 1. The predicted molar refractivity (Wildman–Crippen MR) is 90.2 cm³/mol. The molecule has 23 heavy (non-hydrogen) atoms. The van der Waals surface area contributed by atoms with E-state index in [4.69, 9.17) is 0 Å². The van der Waals surface area contributed by atoms with E-state index in [-0.39, 0.29) is 5.91 Å². The lowest BCUT2D eigenvalue weighted by atomic mass is 9.85.